The first-order valence-corrected chi connectivity index (χ1v) is 24.0. The molecule has 0 aliphatic heterocycles. The lowest BCUT2D eigenvalue weighted by molar-refractivity contribution is -0.870. The summed E-state index contributed by atoms with van der Waals surface area (Å²) in [6.45, 7) is 4.29. The number of nitrogens with zero attached hydrogens (tertiary/aromatic N) is 1. The number of rotatable bonds is 41. The van der Waals surface area contributed by atoms with E-state index in [1.165, 1.54) is 167 Å². The van der Waals surface area contributed by atoms with Crippen molar-refractivity contribution in [2.45, 2.75) is 225 Å². The van der Waals surface area contributed by atoms with Gasteiger partial charge in [-0.3, -0.25) is 9.36 Å². The minimum atomic E-state index is -4.55. The highest BCUT2D eigenvalue weighted by atomic mass is 31.2. The van der Waals surface area contributed by atoms with Gasteiger partial charge >= 0.3 is 0 Å². The standard InChI is InChI=1S/C44H89N2O6P/c1-6-8-9-10-11-12-13-14-15-16-17-18-19-20-21-22-23-24-25-26-27-28-29-30-31-32-33-34-35-36-38-43(47)42(45-44(48)37-7-2)41-52-53(49,50)51-40-39-46(3,4)5/h36,38,42-43,47H,6-35,37,39-41H2,1-5H3,(H-,45,48,49,50)/b38-36+. The van der Waals surface area contributed by atoms with Gasteiger partial charge in [-0.05, 0) is 19.3 Å². The van der Waals surface area contributed by atoms with Crippen molar-refractivity contribution in [1.82, 2.24) is 5.32 Å². The molecule has 0 aromatic rings. The molecule has 1 amide bonds. The molecular formula is C44H89N2O6P. The van der Waals surface area contributed by atoms with E-state index in [-0.39, 0.29) is 19.1 Å². The molecule has 0 aliphatic carbocycles. The Balaban J connectivity index is 3.72. The Bertz CT molecular complexity index is 880. The predicted octanol–water partition coefficient (Wildman–Crippen LogP) is 11.7. The van der Waals surface area contributed by atoms with Crippen LogP contribution in [0.3, 0.4) is 0 Å². The molecule has 2 N–H and O–H groups in total. The van der Waals surface area contributed by atoms with Gasteiger partial charge in [0.05, 0.1) is 39.9 Å². The number of carbonyl (C=O) groups excluding carboxylic acids is 1. The van der Waals surface area contributed by atoms with Crippen LogP contribution in [0.25, 0.3) is 0 Å². The minimum Gasteiger partial charge on any atom is -0.756 e. The van der Waals surface area contributed by atoms with Crippen molar-refractivity contribution in [2.24, 2.45) is 0 Å². The molecule has 8 nitrogen and oxygen atoms in total. The van der Waals surface area contributed by atoms with Crippen LogP contribution in [0, 0.1) is 0 Å². The van der Waals surface area contributed by atoms with Crippen molar-refractivity contribution >= 4 is 13.7 Å². The van der Waals surface area contributed by atoms with Gasteiger partial charge in [0.2, 0.25) is 5.91 Å². The zero-order valence-electron chi connectivity index (χ0n) is 35.7. The van der Waals surface area contributed by atoms with E-state index in [0.29, 0.717) is 23.9 Å². The summed E-state index contributed by atoms with van der Waals surface area (Å²) in [5, 5.41) is 13.4. The summed E-state index contributed by atoms with van der Waals surface area (Å²) in [4.78, 5) is 24.4. The fourth-order valence-electron chi connectivity index (χ4n) is 6.67. The molecule has 0 aliphatic rings. The van der Waals surface area contributed by atoms with E-state index in [1.807, 2.05) is 34.1 Å². The third kappa shape index (κ3) is 39.3. The number of hydrogen-bond donors (Lipinski definition) is 2. The first kappa shape index (κ1) is 52.2. The molecule has 0 aromatic carbocycles. The number of quaternary nitrogens is 1. The van der Waals surface area contributed by atoms with Crippen LogP contribution < -0.4 is 10.2 Å². The maximum Gasteiger partial charge on any atom is 0.268 e. The van der Waals surface area contributed by atoms with Gasteiger partial charge in [-0.1, -0.05) is 199 Å². The number of aliphatic hydroxyl groups excluding tert-OH is 1. The molecule has 3 atom stereocenters. The van der Waals surface area contributed by atoms with Gasteiger partial charge in [-0.25, -0.2) is 0 Å². The van der Waals surface area contributed by atoms with Crippen molar-refractivity contribution in [3.05, 3.63) is 12.2 Å². The first-order valence-electron chi connectivity index (χ1n) is 22.6. The SMILES string of the molecule is CCCCCCCCCCCCCCCCCCCCCCCCCCCCCC/C=C/C(O)C(COP(=O)([O-])OCC[N+](C)(C)C)NC(=O)CCC. The number of phosphoric ester groups is 1. The summed E-state index contributed by atoms with van der Waals surface area (Å²) in [6.07, 6.45) is 43.1. The van der Waals surface area contributed by atoms with Crippen molar-refractivity contribution in [2.75, 3.05) is 40.9 Å². The van der Waals surface area contributed by atoms with Crippen LogP contribution in [0.4, 0.5) is 0 Å². The van der Waals surface area contributed by atoms with Crippen LogP contribution >= 0.6 is 7.82 Å². The second kappa shape index (κ2) is 36.9. The van der Waals surface area contributed by atoms with Crippen LogP contribution in [0.1, 0.15) is 213 Å². The number of phosphoric acid groups is 1. The zero-order chi connectivity index (χ0) is 39.3. The van der Waals surface area contributed by atoms with Crippen molar-refractivity contribution in [3.8, 4) is 0 Å². The maximum atomic E-state index is 12.2. The van der Waals surface area contributed by atoms with E-state index < -0.39 is 20.0 Å². The molecule has 0 bridgehead atoms. The van der Waals surface area contributed by atoms with Gasteiger partial charge in [0.1, 0.15) is 13.2 Å². The average molecular weight is 773 g/mol. The summed E-state index contributed by atoms with van der Waals surface area (Å²) in [6, 6.07) is -0.877. The second-order valence-electron chi connectivity index (χ2n) is 16.8. The molecule has 0 radical (unpaired) electrons. The lowest BCUT2D eigenvalue weighted by Gasteiger charge is -2.29. The van der Waals surface area contributed by atoms with Crippen molar-refractivity contribution in [1.29, 1.82) is 0 Å². The van der Waals surface area contributed by atoms with Gasteiger partial charge < -0.3 is 28.8 Å². The van der Waals surface area contributed by atoms with Crippen LogP contribution in [0.2, 0.25) is 0 Å². The maximum absolute atomic E-state index is 12.2. The number of likely N-dealkylation sites (N-methyl/N-ethyl adjacent to an activating group) is 1. The van der Waals surface area contributed by atoms with Gasteiger partial charge in [-0.2, -0.15) is 0 Å². The number of nitrogens with one attached hydrogen (secondary N) is 1. The highest BCUT2D eigenvalue weighted by Crippen LogP contribution is 2.38. The van der Waals surface area contributed by atoms with Gasteiger partial charge in [0.25, 0.3) is 7.82 Å². The van der Waals surface area contributed by atoms with Crippen molar-refractivity contribution in [3.63, 3.8) is 0 Å². The number of unbranched alkanes of at least 4 members (excludes halogenated alkanes) is 28. The lowest BCUT2D eigenvalue weighted by Crippen LogP contribution is -2.45. The lowest BCUT2D eigenvalue weighted by atomic mass is 10.0. The second-order valence-corrected chi connectivity index (χ2v) is 18.2. The Morgan fingerprint density at radius 3 is 1.38 bits per heavy atom. The summed E-state index contributed by atoms with van der Waals surface area (Å²) in [7, 11) is 1.26. The third-order valence-electron chi connectivity index (χ3n) is 10.2. The molecule has 53 heavy (non-hydrogen) atoms. The fourth-order valence-corrected chi connectivity index (χ4v) is 7.39. The summed E-state index contributed by atoms with van der Waals surface area (Å²) < 4.78 is 22.8. The highest BCUT2D eigenvalue weighted by Gasteiger charge is 2.23. The monoisotopic (exact) mass is 773 g/mol. The molecule has 0 aromatic heterocycles. The molecule has 0 heterocycles. The van der Waals surface area contributed by atoms with E-state index in [4.69, 9.17) is 9.05 Å². The fraction of sp³-hybridized carbons (Fsp3) is 0.932. The molecule has 0 fully saturated rings. The zero-order valence-corrected chi connectivity index (χ0v) is 36.6. The van der Waals surface area contributed by atoms with Crippen LogP contribution in [0.15, 0.2) is 12.2 Å². The Labute approximate surface area is 329 Å². The predicted molar refractivity (Wildman–Crippen MR) is 224 cm³/mol. The molecule has 9 heteroatoms. The first-order chi connectivity index (χ1) is 25.5. The molecule has 3 unspecified atom stereocenters. The van der Waals surface area contributed by atoms with Gasteiger partial charge in [0.15, 0.2) is 0 Å². The van der Waals surface area contributed by atoms with Gasteiger partial charge in [0, 0.05) is 6.42 Å². The third-order valence-corrected chi connectivity index (χ3v) is 11.2. The molecular weight excluding hydrogens is 683 g/mol. The molecule has 316 valence electrons. The highest BCUT2D eigenvalue weighted by molar-refractivity contribution is 7.45. The van der Waals surface area contributed by atoms with Crippen LogP contribution in [0.5, 0.6) is 0 Å². The number of carbonyl (C=O) groups is 1. The Kier molecular flexibility index (Phi) is 36.3. The quantitative estimate of drug-likeness (QED) is 0.0277. The Morgan fingerprint density at radius 2 is 1.02 bits per heavy atom. The summed E-state index contributed by atoms with van der Waals surface area (Å²) in [5.41, 5.74) is 0. The topological polar surface area (TPSA) is 108 Å². The number of aliphatic hydroxyl groups is 1. The smallest absolute Gasteiger partial charge is 0.268 e. The summed E-state index contributed by atoms with van der Waals surface area (Å²) >= 11 is 0. The van der Waals surface area contributed by atoms with E-state index >= 15 is 0 Å². The number of amides is 1. The number of hydrogen-bond acceptors (Lipinski definition) is 6. The van der Waals surface area contributed by atoms with E-state index in [9.17, 15) is 19.4 Å². The van der Waals surface area contributed by atoms with E-state index in [2.05, 4.69) is 12.2 Å². The largest absolute Gasteiger partial charge is 0.756 e. The molecule has 0 saturated heterocycles. The Morgan fingerprint density at radius 1 is 0.642 bits per heavy atom. The minimum absolute atomic E-state index is 0.000731. The summed E-state index contributed by atoms with van der Waals surface area (Å²) in [5.74, 6) is -0.249. The average Bonchev–Trinajstić information content (AvgIpc) is 3.10. The van der Waals surface area contributed by atoms with E-state index in [0.717, 1.165) is 19.3 Å². The van der Waals surface area contributed by atoms with E-state index in [1.54, 1.807) is 6.08 Å². The molecule has 0 spiro atoms. The molecule has 0 saturated carbocycles. The van der Waals surface area contributed by atoms with Crippen LogP contribution in [-0.4, -0.2) is 68.5 Å². The van der Waals surface area contributed by atoms with Crippen LogP contribution in [-0.2, 0) is 18.4 Å². The molecule has 0 rings (SSSR count). The number of allylic oxidation sites excluding steroid dienone is 1. The van der Waals surface area contributed by atoms with Gasteiger partial charge in [-0.15, -0.1) is 0 Å². The normalized spacial score (nSPS) is 14.5. The van der Waals surface area contributed by atoms with Crippen molar-refractivity contribution < 1.29 is 32.9 Å². The Hall–Kier alpha value is -0.760.